The highest BCUT2D eigenvalue weighted by molar-refractivity contribution is 9.10. The number of hydrogen-bond acceptors (Lipinski definition) is 4. The molecule has 0 aliphatic rings. The minimum atomic E-state index is -0.412. The fraction of sp³-hybridized carbons (Fsp3) is 0.300. The van der Waals surface area contributed by atoms with Gasteiger partial charge in [-0.2, -0.15) is 0 Å². The molecule has 0 saturated carbocycles. The maximum absolute atomic E-state index is 12.8. The van der Waals surface area contributed by atoms with E-state index in [1.165, 1.54) is 0 Å². The minimum Gasteiger partial charge on any atom is -0.352 e. The number of unbranched alkanes of at least 4 members (excludes halogenated alkanes) is 1. The Morgan fingerprint density at radius 1 is 1.05 bits per heavy atom. The van der Waals surface area contributed by atoms with E-state index in [4.69, 9.17) is 16.6 Å². The lowest BCUT2D eigenvalue weighted by Crippen LogP contribution is -2.36. The van der Waals surface area contributed by atoms with E-state index < -0.39 is 5.41 Å². The number of halogens is 2. The van der Waals surface area contributed by atoms with Crippen molar-refractivity contribution in [3.05, 3.63) is 81.3 Å². The fourth-order valence-corrected chi connectivity index (χ4v) is 4.67. The fourth-order valence-electron chi connectivity index (χ4n) is 4.24. The molecule has 0 unspecified atom stereocenters. The summed E-state index contributed by atoms with van der Waals surface area (Å²) < 4.78 is 2.85. The van der Waals surface area contributed by atoms with Crippen LogP contribution < -0.4 is 16.0 Å². The van der Waals surface area contributed by atoms with Gasteiger partial charge in [0.2, 0.25) is 11.9 Å². The smallest absolute Gasteiger partial charge is 0.255 e. The van der Waals surface area contributed by atoms with Gasteiger partial charge >= 0.3 is 0 Å². The summed E-state index contributed by atoms with van der Waals surface area (Å²) in [6.07, 6.45) is 2.93. The second kappa shape index (κ2) is 12.2. The number of rotatable bonds is 10. The molecule has 4 rings (SSSR count). The van der Waals surface area contributed by atoms with Gasteiger partial charge in [0.1, 0.15) is 0 Å². The van der Waals surface area contributed by atoms with Gasteiger partial charge in [-0.25, -0.2) is 4.98 Å². The van der Waals surface area contributed by atoms with Crippen LogP contribution in [0, 0.1) is 5.41 Å². The molecule has 2 amide bonds. The summed E-state index contributed by atoms with van der Waals surface area (Å²) in [5, 5.41) is 9.81. The Hall–Kier alpha value is -3.36. The zero-order chi connectivity index (χ0) is 28.2. The minimum absolute atomic E-state index is 0.0377. The molecule has 0 spiro atoms. The van der Waals surface area contributed by atoms with Crippen LogP contribution in [0.3, 0.4) is 0 Å². The van der Waals surface area contributed by atoms with Crippen molar-refractivity contribution in [3.63, 3.8) is 0 Å². The average molecular weight is 611 g/mol. The summed E-state index contributed by atoms with van der Waals surface area (Å²) in [5.41, 5.74) is 3.95. The van der Waals surface area contributed by atoms with Gasteiger partial charge < -0.3 is 20.5 Å². The molecule has 39 heavy (non-hydrogen) atoms. The van der Waals surface area contributed by atoms with Crippen molar-refractivity contribution in [1.29, 1.82) is 0 Å². The van der Waals surface area contributed by atoms with Crippen LogP contribution in [0.2, 0.25) is 5.02 Å². The van der Waals surface area contributed by atoms with E-state index in [-0.39, 0.29) is 11.8 Å². The number of aromatic nitrogens is 2. The lowest BCUT2D eigenvalue weighted by atomic mass is 9.86. The van der Waals surface area contributed by atoms with Crippen LogP contribution >= 0.6 is 27.5 Å². The number of nitrogens with one attached hydrogen (secondary N) is 3. The summed E-state index contributed by atoms with van der Waals surface area (Å²) in [7, 11) is 1.90. The molecule has 0 atom stereocenters. The lowest BCUT2D eigenvalue weighted by Gasteiger charge is -2.23. The molecule has 3 aromatic carbocycles. The number of hydrogen-bond donors (Lipinski definition) is 3. The van der Waals surface area contributed by atoms with Crippen LogP contribution in [-0.4, -0.2) is 21.4 Å². The first-order chi connectivity index (χ1) is 18.6. The second-order valence-electron chi connectivity index (χ2n) is 10.3. The van der Waals surface area contributed by atoms with Gasteiger partial charge in [0.25, 0.3) is 5.91 Å². The van der Waals surface area contributed by atoms with Gasteiger partial charge in [-0.15, -0.1) is 0 Å². The number of carbonyl (C=O) groups is 2. The molecule has 1 aromatic heterocycles. The van der Waals surface area contributed by atoms with Gasteiger partial charge in [0, 0.05) is 34.7 Å². The van der Waals surface area contributed by atoms with E-state index in [1.54, 1.807) is 18.2 Å². The molecule has 204 valence electrons. The summed E-state index contributed by atoms with van der Waals surface area (Å²) >= 11 is 9.90. The van der Waals surface area contributed by atoms with Crippen molar-refractivity contribution in [2.24, 2.45) is 12.5 Å². The lowest BCUT2D eigenvalue weighted by molar-refractivity contribution is -0.129. The number of fused-ring (bicyclic) bond motifs is 1. The molecule has 0 fully saturated rings. The first-order valence-electron chi connectivity index (χ1n) is 12.9. The van der Waals surface area contributed by atoms with E-state index in [1.807, 2.05) is 67.9 Å². The van der Waals surface area contributed by atoms with E-state index in [2.05, 4.69) is 38.8 Å². The van der Waals surface area contributed by atoms with E-state index >= 15 is 0 Å². The zero-order valence-electron chi connectivity index (χ0n) is 22.6. The first kappa shape index (κ1) is 28.6. The van der Waals surface area contributed by atoms with Gasteiger partial charge in [0.05, 0.1) is 21.7 Å². The Balaban J connectivity index is 1.48. The van der Waals surface area contributed by atoms with Gasteiger partial charge in [-0.1, -0.05) is 67.2 Å². The molecule has 1 heterocycles. The van der Waals surface area contributed by atoms with Gasteiger partial charge in [0.15, 0.2) is 0 Å². The molecule has 7 nitrogen and oxygen atoms in total. The summed E-state index contributed by atoms with van der Waals surface area (Å²) in [6.45, 7) is 6.49. The average Bonchev–Trinajstić information content (AvgIpc) is 3.23. The Labute approximate surface area is 242 Å². The Kier molecular flexibility index (Phi) is 8.97. The molecule has 0 bridgehead atoms. The second-order valence-corrected chi connectivity index (χ2v) is 11.6. The maximum Gasteiger partial charge on any atom is 0.255 e. The van der Waals surface area contributed by atoms with Crippen molar-refractivity contribution >= 4 is 67.7 Å². The molecule has 9 heteroatoms. The van der Waals surface area contributed by atoms with E-state index in [0.29, 0.717) is 40.0 Å². The zero-order valence-corrected chi connectivity index (χ0v) is 24.9. The van der Waals surface area contributed by atoms with Crippen LogP contribution in [0.1, 0.15) is 56.0 Å². The Bertz CT molecular complexity index is 1500. The number of imidazole rings is 1. The molecule has 4 aromatic rings. The van der Waals surface area contributed by atoms with Crippen LogP contribution in [0.25, 0.3) is 11.0 Å². The van der Waals surface area contributed by atoms with Crippen molar-refractivity contribution in [2.75, 3.05) is 10.6 Å². The van der Waals surface area contributed by atoms with Crippen molar-refractivity contribution in [1.82, 2.24) is 14.9 Å². The predicted molar refractivity (Wildman–Crippen MR) is 163 cm³/mol. The molecule has 3 N–H and O–H groups in total. The maximum atomic E-state index is 12.8. The third-order valence-electron chi connectivity index (χ3n) is 6.75. The number of anilines is 3. The first-order valence-corrected chi connectivity index (χ1v) is 14.1. The summed E-state index contributed by atoms with van der Waals surface area (Å²) in [4.78, 5) is 30.2. The number of nitrogens with zero attached hydrogens (tertiary/aromatic N) is 2. The highest BCUT2D eigenvalue weighted by Crippen LogP contribution is 2.29. The summed E-state index contributed by atoms with van der Waals surface area (Å²) in [5.74, 6) is 0.407. The Morgan fingerprint density at radius 3 is 2.51 bits per heavy atom. The van der Waals surface area contributed by atoms with Crippen molar-refractivity contribution in [2.45, 2.75) is 46.6 Å². The summed E-state index contributed by atoms with van der Waals surface area (Å²) in [6, 6.07) is 18.5. The van der Waals surface area contributed by atoms with E-state index in [9.17, 15) is 9.59 Å². The van der Waals surface area contributed by atoms with Crippen LogP contribution in [-0.2, 0) is 18.4 Å². The Morgan fingerprint density at radius 2 is 1.79 bits per heavy atom. The topological polar surface area (TPSA) is 88.1 Å². The largest absolute Gasteiger partial charge is 0.352 e. The third-order valence-corrected chi connectivity index (χ3v) is 7.60. The molecular weight excluding hydrogens is 578 g/mol. The molecule has 0 aliphatic heterocycles. The molecule has 0 saturated heterocycles. The van der Waals surface area contributed by atoms with Crippen LogP contribution in [0.5, 0.6) is 0 Å². The van der Waals surface area contributed by atoms with Gasteiger partial charge in [-0.3, -0.25) is 9.59 Å². The number of aryl methyl sites for hydroxylation is 1. The predicted octanol–water partition coefficient (Wildman–Crippen LogP) is 7.82. The third kappa shape index (κ3) is 6.99. The van der Waals surface area contributed by atoms with Crippen molar-refractivity contribution < 1.29 is 9.59 Å². The van der Waals surface area contributed by atoms with Crippen LogP contribution in [0.15, 0.2) is 65.1 Å². The van der Waals surface area contributed by atoms with E-state index in [0.717, 1.165) is 34.8 Å². The quantitative estimate of drug-likeness (QED) is 0.171. The molecule has 0 aliphatic carbocycles. The number of carbonyl (C=O) groups excluding carboxylic acids is 2. The van der Waals surface area contributed by atoms with Crippen molar-refractivity contribution in [3.8, 4) is 0 Å². The monoisotopic (exact) mass is 609 g/mol. The highest BCUT2D eigenvalue weighted by atomic mass is 79.9. The number of benzene rings is 3. The SMILES string of the molecule is CCCCC(C)(C)C(=O)NCc1ccc(Cl)c(Nc2nc3cc(C(=O)Nc4ccc(Br)cc4)ccc3n2C)c1. The molecular formula is C30H33BrClN5O2. The number of amides is 2. The standard InChI is InChI=1S/C30H33BrClN5O2/c1-5-6-15-30(2,3)28(39)33-18-19-7-13-23(32)24(16-19)35-29-36-25-17-20(8-14-26(25)37(29)4)27(38)34-22-11-9-21(31)10-12-22/h7-14,16-17H,5-6,15,18H2,1-4H3,(H,33,39)(H,34,38)(H,35,36). The van der Waals surface area contributed by atoms with Crippen LogP contribution in [0.4, 0.5) is 17.3 Å². The highest BCUT2D eigenvalue weighted by Gasteiger charge is 2.26. The van der Waals surface area contributed by atoms with Gasteiger partial charge in [-0.05, 0) is 66.6 Å². The molecule has 0 radical (unpaired) electrons. The normalized spacial score (nSPS) is 11.4.